The van der Waals surface area contributed by atoms with Gasteiger partial charge in [0.05, 0.1) is 17.7 Å². The predicted octanol–water partition coefficient (Wildman–Crippen LogP) is 0.424. The van der Waals surface area contributed by atoms with Gasteiger partial charge in [-0.15, -0.1) is 0 Å². The van der Waals surface area contributed by atoms with E-state index in [0.717, 1.165) is 5.46 Å². The van der Waals surface area contributed by atoms with E-state index in [1.807, 2.05) is 19.9 Å². The number of aromatic nitrogens is 1. The maximum Gasteiger partial charge on any atom is 0.496 e. The highest BCUT2D eigenvalue weighted by molar-refractivity contribution is 7.61. The van der Waals surface area contributed by atoms with Crippen LogP contribution in [0.25, 0.3) is 0 Å². The third-order valence-electron chi connectivity index (χ3n) is 3.47. The lowest BCUT2D eigenvalue weighted by atomic mass is 9.80. The summed E-state index contributed by atoms with van der Waals surface area (Å²) < 4.78 is 36.4. The van der Waals surface area contributed by atoms with Crippen LogP contribution < -0.4 is 5.46 Å². The van der Waals surface area contributed by atoms with Crippen molar-refractivity contribution < 1.29 is 17.7 Å². The summed E-state index contributed by atoms with van der Waals surface area (Å²) in [5.41, 5.74) is -0.674. The maximum atomic E-state index is 10.6. The lowest BCUT2D eigenvalue weighted by Gasteiger charge is -2.34. The largest absolute Gasteiger partial charge is 0.496 e. The minimum atomic E-state index is -2.45. The van der Waals surface area contributed by atoms with Crippen LogP contribution in [-0.4, -0.2) is 38.3 Å². The van der Waals surface area contributed by atoms with Crippen LogP contribution in [0.5, 0.6) is 0 Å². The Labute approximate surface area is 114 Å². The van der Waals surface area contributed by atoms with Crippen molar-refractivity contribution in [3.05, 3.63) is 24.5 Å². The zero-order chi connectivity index (χ0) is 14.1. The molecule has 0 spiro atoms. The molecular formula is C11H15BN2O4S. The molecule has 1 aliphatic heterocycles. The Balaban J connectivity index is 2.26. The number of nitrogens with zero attached hydrogens (tertiary/aromatic N) is 2. The first-order valence-electron chi connectivity index (χ1n) is 5.86. The maximum absolute atomic E-state index is 10.6. The van der Waals surface area contributed by atoms with E-state index >= 15 is 0 Å². The fourth-order valence-electron chi connectivity index (χ4n) is 1.85. The average molecular weight is 282 g/mol. The molecule has 2 rings (SSSR count). The second-order valence-corrected chi connectivity index (χ2v) is 5.79. The van der Waals surface area contributed by atoms with E-state index < -0.39 is 28.8 Å². The highest BCUT2D eigenvalue weighted by Gasteiger charge is 2.54. The van der Waals surface area contributed by atoms with Crippen LogP contribution in [0.2, 0.25) is 0 Å². The Bertz CT molecular complexity index is 582. The summed E-state index contributed by atoms with van der Waals surface area (Å²) in [6.07, 6.45) is 3.33. The third-order valence-corrected chi connectivity index (χ3v) is 3.81. The Morgan fingerprint density at radius 3 is 2.68 bits per heavy atom. The lowest BCUT2D eigenvalue weighted by molar-refractivity contribution is -0.00119. The van der Waals surface area contributed by atoms with Gasteiger partial charge in [-0.25, -0.2) is 0 Å². The smallest absolute Gasteiger partial charge is 0.399 e. The molecule has 6 nitrogen and oxygen atoms in total. The van der Waals surface area contributed by atoms with E-state index in [1.54, 1.807) is 25.4 Å². The van der Waals surface area contributed by atoms with Crippen LogP contribution in [0.4, 0.5) is 0 Å². The molecule has 0 aromatic carbocycles. The van der Waals surface area contributed by atoms with E-state index in [1.165, 1.54) is 0 Å². The van der Waals surface area contributed by atoms with Crippen molar-refractivity contribution in [2.24, 2.45) is 4.36 Å². The van der Waals surface area contributed by atoms with Crippen molar-refractivity contribution in [2.45, 2.75) is 32.0 Å². The predicted molar refractivity (Wildman–Crippen MR) is 70.5 cm³/mol. The van der Waals surface area contributed by atoms with E-state index in [-0.39, 0.29) is 6.54 Å². The quantitative estimate of drug-likeness (QED) is 0.751. The molecule has 0 bridgehead atoms. The Morgan fingerprint density at radius 1 is 1.37 bits per heavy atom. The monoisotopic (exact) mass is 282 g/mol. The fraction of sp³-hybridized carbons (Fsp3) is 0.545. The Hall–Kier alpha value is -1.25. The summed E-state index contributed by atoms with van der Waals surface area (Å²) in [5, 5.41) is 0. The Morgan fingerprint density at radius 2 is 2.11 bits per heavy atom. The normalized spacial score (nSPS) is 25.3. The Kier molecular flexibility index (Phi) is 3.75. The summed E-state index contributed by atoms with van der Waals surface area (Å²) in [6, 6.07) is 3.64. The number of hydrogen-bond acceptors (Lipinski definition) is 6. The van der Waals surface area contributed by atoms with Crippen molar-refractivity contribution in [3.8, 4) is 0 Å². The first kappa shape index (κ1) is 14.2. The van der Waals surface area contributed by atoms with Gasteiger partial charge in [0, 0.05) is 17.9 Å². The molecule has 1 aromatic heterocycles. The van der Waals surface area contributed by atoms with Crippen molar-refractivity contribution >= 4 is 23.1 Å². The summed E-state index contributed by atoms with van der Waals surface area (Å²) >= 11 is 0. The molecule has 1 atom stereocenters. The zero-order valence-electron chi connectivity index (χ0n) is 11.0. The standard InChI is InChI=1S/C11H15BN2O4S/c1-10(2)11(3,8-14-19(15)16)18-12(17-10)9-5-4-6-13-7-9/h4-7H,8H2,1-3H3. The lowest BCUT2D eigenvalue weighted by Crippen LogP contribution is -2.47. The van der Waals surface area contributed by atoms with E-state index in [0.29, 0.717) is 0 Å². The molecule has 0 N–H and O–H groups in total. The molecule has 2 heterocycles. The van der Waals surface area contributed by atoms with Gasteiger partial charge >= 0.3 is 17.6 Å². The van der Waals surface area contributed by atoms with E-state index in [9.17, 15) is 8.42 Å². The van der Waals surface area contributed by atoms with Crippen LogP contribution in [0.3, 0.4) is 0 Å². The first-order chi connectivity index (χ1) is 8.84. The third kappa shape index (κ3) is 2.85. The van der Waals surface area contributed by atoms with Gasteiger partial charge in [-0.3, -0.25) is 4.98 Å². The molecule has 0 saturated carbocycles. The minimum Gasteiger partial charge on any atom is -0.399 e. The first-order valence-corrected chi connectivity index (χ1v) is 6.90. The van der Waals surface area contributed by atoms with Gasteiger partial charge in [0.1, 0.15) is 0 Å². The summed E-state index contributed by atoms with van der Waals surface area (Å²) in [4.78, 5) is 4.02. The number of pyridine rings is 1. The van der Waals surface area contributed by atoms with Gasteiger partial charge in [0.15, 0.2) is 0 Å². The van der Waals surface area contributed by atoms with Crippen molar-refractivity contribution in [1.82, 2.24) is 4.98 Å². The molecule has 19 heavy (non-hydrogen) atoms. The topological polar surface area (TPSA) is 77.8 Å². The molecule has 0 aliphatic carbocycles. The average Bonchev–Trinajstić information content (AvgIpc) is 2.60. The van der Waals surface area contributed by atoms with Crippen molar-refractivity contribution in [2.75, 3.05) is 6.54 Å². The van der Waals surface area contributed by atoms with Crippen LogP contribution in [0.15, 0.2) is 28.9 Å². The molecule has 102 valence electrons. The number of hydrogen-bond donors (Lipinski definition) is 0. The zero-order valence-corrected chi connectivity index (χ0v) is 11.8. The van der Waals surface area contributed by atoms with E-state index in [2.05, 4.69) is 9.35 Å². The summed E-state index contributed by atoms with van der Waals surface area (Å²) in [6.45, 7) is 5.52. The van der Waals surface area contributed by atoms with E-state index in [4.69, 9.17) is 9.31 Å². The fourth-order valence-corrected chi connectivity index (χ4v) is 2.20. The number of rotatable bonds is 3. The van der Waals surface area contributed by atoms with Gasteiger partial charge in [-0.2, -0.15) is 12.8 Å². The molecule has 0 amide bonds. The molecule has 1 aromatic rings. The molecule has 1 unspecified atom stereocenters. The van der Waals surface area contributed by atoms with Crippen molar-refractivity contribution in [1.29, 1.82) is 0 Å². The molecule has 1 fully saturated rings. The van der Waals surface area contributed by atoms with Gasteiger partial charge in [-0.1, -0.05) is 6.07 Å². The van der Waals surface area contributed by atoms with Gasteiger partial charge in [0.25, 0.3) is 0 Å². The highest BCUT2D eigenvalue weighted by Crippen LogP contribution is 2.37. The van der Waals surface area contributed by atoms with Gasteiger partial charge in [-0.05, 0) is 26.8 Å². The van der Waals surface area contributed by atoms with Crippen LogP contribution in [0, 0.1) is 0 Å². The van der Waals surface area contributed by atoms with Gasteiger partial charge in [0.2, 0.25) is 0 Å². The van der Waals surface area contributed by atoms with Crippen molar-refractivity contribution in [3.63, 3.8) is 0 Å². The summed E-state index contributed by atoms with van der Waals surface area (Å²) in [5.74, 6) is 0. The van der Waals surface area contributed by atoms with Crippen LogP contribution in [-0.2, 0) is 19.8 Å². The molecule has 1 aliphatic rings. The van der Waals surface area contributed by atoms with Crippen LogP contribution >= 0.6 is 0 Å². The molecule has 1 saturated heterocycles. The summed E-state index contributed by atoms with van der Waals surface area (Å²) in [7, 11) is -3.02. The second-order valence-electron chi connectivity index (χ2n) is 5.10. The molecular weight excluding hydrogens is 267 g/mol. The molecule has 0 radical (unpaired) electrons. The van der Waals surface area contributed by atoms with Crippen LogP contribution in [0.1, 0.15) is 20.8 Å². The second kappa shape index (κ2) is 5.03. The molecule has 8 heteroatoms. The highest BCUT2D eigenvalue weighted by atomic mass is 32.2. The SMILES string of the molecule is CC1(C)OB(c2cccnc2)OC1(C)CN=S(=O)=O. The minimum absolute atomic E-state index is 0.0207. The van der Waals surface area contributed by atoms with Gasteiger partial charge < -0.3 is 9.31 Å².